The predicted molar refractivity (Wildman–Crippen MR) is 65.5 cm³/mol. The second-order valence-electron chi connectivity index (χ2n) is 5.70. The zero-order valence-electron chi connectivity index (χ0n) is 10.8. The topological polar surface area (TPSA) is 18.5 Å². The van der Waals surface area contributed by atoms with Crippen LogP contribution >= 0.6 is 0 Å². The molecule has 16 heavy (non-hydrogen) atoms. The zero-order valence-corrected chi connectivity index (χ0v) is 10.8. The number of rotatable bonds is 5. The third-order valence-electron chi connectivity index (χ3n) is 4.29. The Morgan fingerprint density at radius 1 is 0.875 bits per heavy atom. The molecule has 0 radical (unpaired) electrons. The van der Waals surface area contributed by atoms with Crippen LogP contribution in [0.15, 0.2) is 0 Å². The summed E-state index contributed by atoms with van der Waals surface area (Å²) in [6.07, 6.45) is 8.65. The molecule has 4 unspecified atom stereocenters. The summed E-state index contributed by atoms with van der Waals surface area (Å²) >= 11 is 0. The lowest BCUT2D eigenvalue weighted by molar-refractivity contribution is 0.0614. The highest BCUT2D eigenvalue weighted by Crippen LogP contribution is 2.29. The molecule has 2 heteroatoms. The lowest BCUT2D eigenvalue weighted by atomic mass is 9.85. The maximum Gasteiger partial charge on any atom is 0.0578 e. The molecule has 2 rings (SSSR count). The molecule has 0 aromatic carbocycles. The van der Waals surface area contributed by atoms with Crippen molar-refractivity contribution in [1.29, 1.82) is 0 Å². The van der Waals surface area contributed by atoms with E-state index in [4.69, 9.17) is 9.47 Å². The third-order valence-corrected chi connectivity index (χ3v) is 4.29. The van der Waals surface area contributed by atoms with Gasteiger partial charge in [-0.25, -0.2) is 0 Å². The van der Waals surface area contributed by atoms with E-state index in [0.717, 1.165) is 25.0 Å². The highest BCUT2D eigenvalue weighted by Gasteiger charge is 2.25. The molecule has 0 aromatic rings. The Kier molecular flexibility index (Phi) is 4.66. The molecule has 0 N–H and O–H groups in total. The summed E-state index contributed by atoms with van der Waals surface area (Å²) in [6, 6.07) is 0. The molecule has 2 fully saturated rings. The van der Waals surface area contributed by atoms with Gasteiger partial charge in [-0.2, -0.15) is 0 Å². The smallest absolute Gasteiger partial charge is 0.0578 e. The Hall–Kier alpha value is -0.0800. The summed E-state index contributed by atoms with van der Waals surface area (Å²) in [5.41, 5.74) is 0. The molecule has 2 nitrogen and oxygen atoms in total. The van der Waals surface area contributed by atoms with E-state index in [1.807, 2.05) is 0 Å². The maximum atomic E-state index is 5.71. The minimum Gasteiger partial charge on any atom is -0.378 e. The van der Waals surface area contributed by atoms with Crippen LogP contribution in [0.25, 0.3) is 0 Å². The van der Waals surface area contributed by atoms with E-state index in [1.54, 1.807) is 0 Å². The lowest BCUT2D eigenvalue weighted by Crippen LogP contribution is -2.20. The summed E-state index contributed by atoms with van der Waals surface area (Å²) in [7, 11) is 0. The maximum absolute atomic E-state index is 5.71. The Morgan fingerprint density at radius 2 is 1.31 bits per heavy atom. The summed E-state index contributed by atoms with van der Waals surface area (Å²) in [5.74, 6) is 1.54. The summed E-state index contributed by atoms with van der Waals surface area (Å²) < 4.78 is 11.4. The minimum atomic E-state index is 0.543. The van der Waals surface area contributed by atoms with Crippen molar-refractivity contribution in [3.8, 4) is 0 Å². The first-order chi connectivity index (χ1) is 7.75. The molecule has 2 aliphatic rings. The number of hydrogen-bond acceptors (Lipinski definition) is 2. The molecule has 0 saturated carbocycles. The molecule has 0 aromatic heterocycles. The molecule has 0 amide bonds. The third kappa shape index (κ3) is 3.46. The fourth-order valence-corrected chi connectivity index (χ4v) is 2.95. The van der Waals surface area contributed by atoms with Crippen molar-refractivity contribution in [3.05, 3.63) is 0 Å². The second-order valence-corrected chi connectivity index (χ2v) is 5.70. The minimum absolute atomic E-state index is 0.543. The first-order valence-corrected chi connectivity index (χ1v) is 6.99. The molecule has 2 aliphatic heterocycles. The van der Waals surface area contributed by atoms with Gasteiger partial charge < -0.3 is 9.47 Å². The van der Waals surface area contributed by atoms with Crippen LogP contribution in [-0.4, -0.2) is 25.4 Å². The van der Waals surface area contributed by atoms with Crippen molar-refractivity contribution in [3.63, 3.8) is 0 Å². The lowest BCUT2D eigenvalue weighted by Gasteiger charge is -2.24. The monoisotopic (exact) mass is 226 g/mol. The van der Waals surface area contributed by atoms with Gasteiger partial charge >= 0.3 is 0 Å². The van der Waals surface area contributed by atoms with Crippen molar-refractivity contribution in [2.75, 3.05) is 13.2 Å². The van der Waals surface area contributed by atoms with Gasteiger partial charge in [-0.1, -0.05) is 13.8 Å². The van der Waals surface area contributed by atoms with E-state index in [-0.39, 0.29) is 0 Å². The largest absolute Gasteiger partial charge is 0.378 e. The normalized spacial score (nSPS) is 34.1. The number of ether oxygens (including phenoxy) is 2. The molecule has 94 valence electrons. The number of hydrogen-bond donors (Lipinski definition) is 0. The quantitative estimate of drug-likeness (QED) is 0.715. The van der Waals surface area contributed by atoms with Crippen molar-refractivity contribution in [2.24, 2.45) is 11.8 Å². The fraction of sp³-hybridized carbons (Fsp3) is 1.00. The van der Waals surface area contributed by atoms with Gasteiger partial charge in [-0.05, 0) is 50.4 Å². The van der Waals surface area contributed by atoms with E-state index in [2.05, 4.69) is 13.8 Å². The highest BCUT2D eigenvalue weighted by atomic mass is 16.5. The van der Waals surface area contributed by atoms with E-state index < -0.39 is 0 Å². The Labute approximate surface area is 99.7 Å². The van der Waals surface area contributed by atoms with Crippen LogP contribution in [0.3, 0.4) is 0 Å². The van der Waals surface area contributed by atoms with Crippen molar-refractivity contribution >= 4 is 0 Å². The van der Waals surface area contributed by atoms with Gasteiger partial charge in [0, 0.05) is 13.2 Å². The zero-order chi connectivity index (χ0) is 11.4. The van der Waals surface area contributed by atoms with Gasteiger partial charge in [-0.15, -0.1) is 0 Å². The Balaban J connectivity index is 1.68. The van der Waals surface area contributed by atoms with Crippen LogP contribution in [0.5, 0.6) is 0 Å². The van der Waals surface area contributed by atoms with Crippen molar-refractivity contribution in [2.45, 2.75) is 64.6 Å². The molecule has 0 aliphatic carbocycles. The Bertz CT molecular complexity index is 171. The van der Waals surface area contributed by atoms with Crippen LogP contribution in [0.4, 0.5) is 0 Å². The van der Waals surface area contributed by atoms with Crippen LogP contribution in [-0.2, 0) is 9.47 Å². The van der Waals surface area contributed by atoms with Gasteiger partial charge in [-0.3, -0.25) is 0 Å². The van der Waals surface area contributed by atoms with Gasteiger partial charge in [0.2, 0.25) is 0 Å². The average molecular weight is 226 g/mol. The fourth-order valence-electron chi connectivity index (χ4n) is 2.95. The first-order valence-electron chi connectivity index (χ1n) is 6.99. The molecule has 2 heterocycles. The summed E-state index contributed by atoms with van der Waals surface area (Å²) in [5, 5.41) is 0. The average Bonchev–Trinajstić information content (AvgIpc) is 2.90. The summed E-state index contributed by atoms with van der Waals surface area (Å²) in [4.78, 5) is 0. The molecular weight excluding hydrogens is 200 g/mol. The van der Waals surface area contributed by atoms with Gasteiger partial charge in [0.05, 0.1) is 12.2 Å². The standard InChI is InChI=1S/C14H26O2/c1-11(9-13-5-3-7-15-13)12(2)10-14-6-4-8-16-14/h11-14H,3-10H2,1-2H3. The highest BCUT2D eigenvalue weighted by molar-refractivity contribution is 4.75. The van der Waals surface area contributed by atoms with Gasteiger partial charge in [0.15, 0.2) is 0 Å². The molecule has 4 atom stereocenters. The predicted octanol–water partition coefficient (Wildman–Crippen LogP) is 3.40. The van der Waals surface area contributed by atoms with Crippen LogP contribution in [0, 0.1) is 11.8 Å². The van der Waals surface area contributed by atoms with Gasteiger partial charge in [0.1, 0.15) is 0 Å². The summed E-state index contributed by atoms with van der Waals surface area (Å²) in [6.45, 7) is 6.72. The first kappa shape index (κ1) is 12.4. The Morgan fingerprint density at radius 3 is 1.62 bits per heavy atom. The van der Waals surface area contributed by atoms with E-state index in [0.29, 0.717) is 12.2 Å². The SMILES string of the molecule is CC(CC1CCCO1)C(C)CC1CCCO1. The van der Waals surface area contributed by atoms with Crippen molar-refractivity contribution in [1.82, 2.24) is 0 Å². The van der Waals surface area contributed by atoms with Crippen LogP contribution in [0.2, 0.25) is 0 Å². The van der Waals surface area contributed by atoms with Crippen LogP contribution in [0.1, 0.15) is 52.4 Å². The molecule has 0 spiro atoms. The van der Waals surface area contributed by atoms with Crippen molar-refractivity contribution < 1.29 is 9.47 Å². The van der Waals surface area contributed by atoms with E-state index >= 15 is 0 Å². The molecule has 2 saturated heterocycles. The molecule has 0 bridgehead atoms. The second kappa shape index (κ2) is 6.02. The van der Waals surface area contributed by atoms with Crippen LogP contribution < -0.4 is 0 Å². The van der Waals surface area contributed by atoms with Gasteiger partial charge in [0.25, 0.3) is 0 Å². The molecular formula is C14H26O2. The van der Waals surface area contributed by atoms with E-state index in [9.17, 15) is 0 Å². The van der Waals surface area contributed by atoms with E-state index in [1.165, 1.54) is 38.5 Å².